The highest BCUT2D eigenvalue weighted by molar-refractivity contribution is 5.90. The van der Waals surface area contributed by atoms with Gasteiger partial charge in [-0.3, -0.25) is 4.68 Å². The molecule has 4 rings (SSSR count). The monoisotopic (exact) mass is 398 g/mol. The molecule has 0 radical (unpaired) electrons. The van der Waals surface area contributed by atoms with Gasteiger partial charge in [-0.2, -0.15) is 14.6 Å². The average Bonchev–Trinajstić information content (AvgIpc) is 3.34. The van der Waals surface area contributed by atoms with E-state index in [4.69, 9.17) is 9.15 Å². The molecular weight excluding hydrogens is 376 g/mol. The van der Waals surface area contributed by atoms with Gasteiger partial charge in [0.05, 0.1) is 11.6 Å². The van der Waals surface area contributed by atoms with Crippen LogP contribution in [-0.4, -0.2) is 54.1 Å². The number of amides is 1. The summed E-state index contributed by atoms with van der Waals surface area (Å²) in [7, 11) is 1.82. The SMILES string of the molecule is Cn1cc2c(nc(NCCNC(=O)OC(C)(C)C)n3nc(-c4ccco4)nc23)n1. The lowest BCUT2D eigenvalue weighted by Crippen LogP contribution is -2.35. The van der Waals surface area contributed by atoms with Gasteiger partial charge in [0, 0.05) is 26.3 Å². The van der Waals surface area contributed by atoms with E-state index in [1.807, 2.05) is 34.0 Å². The summed E-state index contributed by atoms with van der Waals surface area (Å²) in [6.07, 6.45) is 2.94. The summed E-state index contributed by atoms with van der Waals surface area (Å²) in [6.45, 7) is 6.20. The number of carbonyl (C=O) groups is 1. The number of rotatable bonds is 5. The molecule has 2 N–H and O–H groups in total. The molecule has 11 nitrogen and oxygen atoms in total. The van der Waals surface area contributed by atoms with Crippen molar-refractivity contribution < 1.29 is 13.9 Å². The highest BCUT2D eigenvalue weighted by Gasteiger charge is 2.18. The topological polar surface area (TPSA) is 124 Å². The van der Waals surface area contributed by atoms with E-state index in [0.29, 0.717) is 41.9 Å². The molecule has 11 heteroatoms. The van der Waals surface area contributed by atoms with Gasteiger partial charge in [-0.15, -0.1) is 5.10 Å². The van der Waals surface area contributed by atoms with Crippen molar-refractivity contribution in [2.45, 2.75) is 26.4 Å². The third kappa shape index (κ3) is 3.98. The predicted octanol–water partition coefficient (Wildman–Crippen LogP) is 2.21. The van der Waals surface area contributed by atoms with Gasteiger partial charge in [-0.05, 0) is 32.9 Å². The average molecular weight is 398 g/mol. The number of hydrogen-bond donors (Lipinski definition) is 2. The van der Waals surface area contributed by atoms with Gasteiger partial charge in [0.25, 0.3) is 0 Å². The number of anilines is 1. The normalized spacial score (nSPS) is 11.9. The fraction of sp³-hybridized carbons (Fsp3) is 0.389. The number of aromatic nitrogens is 6. The number of fused-ring (bicyclic) bond motifs is 3. The summed E-state index contributed by atoms with van der Waals surface area (Å²) in [4.78, 5) is 20.9. The van der Waals surface area contributed by atoms with Crippen molar-refractivity contribution in [2.75, 3.05) is 18.4 Å². The summed E-state index contributed by atoms with van der Waals surface area (Å²) < 4.78 is 13.9. The van der Waals surface area contributed by atoms with Gasteiger partial charge >= 0.3 is 6.09 Å². The van der Waals surface area contributed by atoms with Crippen molar-refractivity contribution in [3.8, 4) is 11.6 Å². The molecule has 0 spiro atoms. The number of carbonyl (C=O) groups excluding carboxylic acids is 1. The van der Waals surface area contributed by atoms with Crippen molar-refractivity contribution in [3.63, 3.8) is 0 Å². The first kappa shape index (κ1) is 18.7. The lowest BCUT2D eigenvalue weighted by Gasteiger charge is -2.19. The fourth-order valence-electron chi connectivity index (χ4n) is 2.78. The van der Waals surface area contributed by atoms with Crippen LogP contribution < -0.4 is 10.6 Å². The summed E-state index contributed by atoms with van der Waals surface area (Å²) in [5, 5.41) is 15.5. The Balaban J connectivity index is 1.57. The van der Waals surface area contributed by atoms with Crippen LogP contribution in [0, 0.1) is 0 Å². The number of alkyl carbamates (subject to hydrolysis) is 1. The predicted molar refractivity (Wildman–Crippen MR) is 105 cm³/mol. The van der Waals surface area contributed by atoms with Crippen LogP contribution in [0.25, 0.3) is 28.3 Å². The maximum absolute atomic E-state index is 11.8. The Morgan fingerprint density at radius 2 is 2.07 bits per heavy atom. The van der Waals surface area contributed by atoms with E-state index in [0.717, 1.165) is 5.39 Å². The molecule has 0 atom stereocenters. The number of nitrogens with one attached hydrogen (secondary N) is 2. The van der Waals surface area contributed by atoms with Crippen LogP contribution in [-0.2, 0) is 11.8 Å². The number of hydrogen-bond acceptors (Lipinski definition) is 8. The Labute approximate surface area is 166 Å². The summed E-state index contributed by atoms with van der Waals surface area (Å²) in [5.74, 6) is 1.47. The van der Waals surface area contributed by atoms with E-state index in [9.17, 15) is 4.79 Å². The zero-order chi connectivity index (χ0) is 20.6. The molecule has 1 amide bonds. The second-order valence-electron chi connectivity index (χ2n) is 7.48. The van der Waals surface area contributed by atoms with E-state index in [2.05, 4.69) is 30.8 Å². The molecule has 0 bridgehead atoms. The Morgan fingerprint density at radius 3 is 2.79 bits per heavy atom. The van der Waals surface area contributed by atoms with Gasteiger partial charge in [0.2, 0.25) is 11.8 Å². The smallest absolute Gasteiger partial charge is 0.407 e. The molecule has 152 valence electrons. The standard InChI is InChI=1S/C18H22N8O3/c1-18(2,3)29-17(27)20-8-7-19-16-22-13-11(10-25(4)23-13)15-21-14(24-26(15)16)12-6-5-9-28-12/h5-6,9-10H,7-8H2,1-4H3,(H,20,27)(H,19,22,23). The lowest BCUT2D eigenvalue weighted by atomic mass is 10.2. The molecule has 0 aliphatic carbocycles. The number of nitrogens with zero attached hydrogens (tertiary/aromatic N) is 6. The Kier molecular flexibility index (Phi) is 4.57. The third-order valence-corrected chi connectivity index (χ3v) is 3.89. The molecule has 0 saturated heterocycles. The molecule has 4 heterocycles. The molecule has 0 aliphatic rings. The van der Waals surface area contributed by atoms with Crippen LogP contribution in [0.5, 0.6) is 0 Å². The Hall–Kier alpha value is -3.63. The molecule has 0 aliphatic heterocycles. The quantitative estimate of drug-likeness (QED) is 0.490. The van der Waals surface area contributed by atoms with Crippen molar-refractivity contribution >= 4 is 28.7 Å². The largest absolute Gasteiger partial charge is 0.461 e. The highest BCUT2D eigenvalue weighted by Crippen LogP contribution is 2.23. The van der Waals surface area contributed by atoms with E-state index < -0.39 is 11.7 Å². The second kappa shape index (κ2) is 7.08. The van der Waals surface area contributed by atoms with Crippen molar-refractivity contribution in [2.24, 2.45) is 7.05 Å². The van der Waals surface area contributed by atoms with Crippen LogP contribution in [0.3, 0.4) is 0 Å². The number of aryl methyl sites for hydroxylation is 1. The second-order valence-corrected chi connectivity index (χ2v) is 7.48. The summed E-state index contributed by atoms with van der Waals surface area (Å²) >= 11 is 0. The third-order valence-electron chi connectivity index (χ3n) is 3.89. The lowest BCUT2D eigenvalue weighted by molar-refractivity contribution is 0.0530. The zero-order valence-electron chi connectivity index (χ0n) is 16.6. The number of ether oxygens (including phenoxy) is 1. The molecule has 4 aromatic heterocycles. The van der Waals surface area contributed by atoms with Gasteiger partial charge < -0.3 is 19.8 Å². The molecule has 4 aromatic rings. The molecule has 0 unspecified atom stereocenters. The maximum Gasteiger partial charge on any atom is 0.407 e. The van der Waals surface area contributed by atoms with Crippen molar-refractivity contribution in [1.82, 2.24) is 34.7 Å². The first-order valence-corrected chi connectivity index (χ1v) is 9.15. The molecule has 0 fully saturated rings. The van der Waals surface area contributed by atoms with E-state index in [-0.39, 0.29) is 0 Å². The van der Waals surface area contributed by atoms with Gasteiger partial charge in [-0.25, -0.2) is 9.78 Å². The fourth-order valence-corrected chi connectivity index (χ4v) is 2.78. The minimum absolute atomic E-state index is 0.345. The zero-order valence-corrected chi connectivity index (χ0v) is 16.6. The van der Waals surface area contributed by atoms with E-state index in [1.54, 1.807) is 27.6 Å². The Morgan fingerprint density at radius 1 is 1.24 bits per heavy atom. The minimum atomic E-state index is -0.543. The molecule has 0 saturated carbocycles. The first-order chi connectivity index (χ1) is 13.8. The van der Waals surface area contributed by atoms with Crippen molar-refractivity contribution in [1.29, 1.82) is 0 Å². The minimum Gasteiger partial charge on any atom is -0.461 e. The molecule has 29 heavy (non-hydrogen) atoms. The Bertz CT molecular complexity index is 1150. The van der Waals surface area contributed by atoms with Gasteiger partial charge in [-0.1, -0.05) is 0 Å². The van der Waals surface area contributed by atoms with Crippen LogP contribution >= 0.6 is 0 Å². The first-order valence-electron chi connectivity index (χ1n) is 9.15. The highest BCUT2D eigenvalue weighted by atomic mass is 16.6. The number of furan rings is 1. The van der Waals surface area contributed by atoms with E-state index in [1.165, 1.54) is 0 Å². The van der Waals surface area contributed by atoms with E-state index >= 15 is 0 Å². The maximum atomic E-state index is 11.8. The van der Waals surface area contributed by atoms with Gasteiger partial charge in [0.15, 0.2) is 17.1 Å². The van der Waals surface area contributed by atoms with Crippen molar-refractivity contribution in [3.05, 3.63) is 24.6 Å². The van der Waals surface area contributed by atoms with Crippen LogP contribution in [0.15, 0.2) is 29.0 Å². The summed E-state index contributed by atoms with van der Waals surface area (Å²) in [6, 6.07) is 3.57. The summed E-state index contributed by atoms with van der Waals surface area (Å²) in [5.41, 5.74) is 0.608. The van der Waals surface area contributed by atoms with Crippen LogP contribution in [0.2, 0.25) is 0 Å². The van der Waals surface area contributed by atoms with Crippen LogP contribution in [0.4, 0.5) is 10.7 Å². The van der Waals surface area contributed by atoms with Gasteiger partial charge in [0.1, 0.15) is 5.60 Å². The van der Waals surface area contributed by atoms with Crippen LogP contribution in [0.1, 0.15) is 20.8 Å². The molecular formula is C18H22N8O3. The molecule has 0 aromatic carbocycles.